The number of benzene rings is 1. The Morgan fingerprint density at radius 2 is 1.92 bits per heavy atom. The smallest absolute Gasteiger partial charge is 0.137 e. The molecular formula is C10H12BrFO. The molecule has 1 aromatic carbocycles. The van der Waals surface area contributed by atoms with E-state index in [2.05, 4.69) is 15.9 Å². The van der Waals surface area contributed by atoms with E-state index in [4.69, 9.17) is 0 Å². The zero-order chi connectivity index (χ0) is 10.2. The van der Waals surface area contributed by atoms with Crippen molar-refractivity contribution in [3.63, 3.8) is 0 Å². The molecule has 0 aliphatic heterocycles. The summed E-state index contributed by atoms with van der Waals surface area (Å²) in [4.78, 5) is 0. The van der Waals surface area contributed by atoms with E-state index in [1.54, 1.807) is 26.8 Å². The first-order valence-electron chi connectivity index (χ1n) is 4.01. The van der Waals surface area contributed by atoms with Crippen molar-refractivity contribution in [2.45, 2.75) is 26.4 Å². The molecule has 0 spiro atoms. The number of aliphatic hydroxyl groups is 1. The maximum atomic E-state index is 13.0. The lowest BCUT2D eigenvalue weighted by molar-refractivity contribution is 0.0778. The third kappa shape index (κ3) is 2.29. The van der Waals surface area contributed by atoms with Crippen LogP contribution in [0.4, 0.5) is 4.39 Å². The van der Waals surface area contributed by atoms with Crippen molar-refractivity contribution in [2.75, 3.05) is 0 Å². The zero-order valence-electron chi connectivity index (χ0n) is 7.86. The average Bonchev–Trinajstić information content (AvgIpc) is 1.94. The SMILES string of the molecule is Cc1cc(F)c(Br)cc1C(C)(C)O. The van der Waals surface area contributed by atoms with Crippen LogP contribution in [0.5, 0.6) is 0 Å². The van der Waals surface area contributed by atoms with Gasteiger partial charge in [-0.2, -0.15) is 0 Å². The Labute approximate surface area is 85.7 Å². The Bertz CT molecular complexity index is 328. The van der Waals surface area contributed by atoms with Crippen LogP contribution in [-0.4, -0.2) is 5.11 Å². The van der Waals surface area contributed by atoms with Gasteiger partial charge in [-0.1, -0.05) is 0 Å². The molecule has 0 aliphatic carbocycles. The number of halogens is 2. The minimum absolute atomic E-state index is 0.300. The molecule has 1 aromatic rings. The fourth-order valence-electron chi connectivity index (χ4n) is 1.31. The predicted octanol–water partition coefficient (Wildman–Crippen LogP) is 3.12. The molecule has 0 bridgehead atoms. The molecular weight excluding hydrogens is 235 g/mol. The van der Waals surface area contributed by atoms with Crippen LogP contribution in [-0.2, 0) is 5.60 Å². The highest BCUT2D eigenvalue weighted by Crippen LogP contribution is 2.28. The maximum absolute atomic E-state index is 13.0. The van der Waals surface area contributed by atoms with Crippen LogP contribution in [0.15, 0.2) is 16.6 Å². The van der Waals surface area contributed by atoms with Crippen LogP contribution < -0.4 is 0 Å². The van der Waals surface area contributed by atoms with Gasteiger partial charge in [0.1, 0.15) is 5.82 Å². The van der Waals surface area contributed by atoms with Gasteiger partial charge in [-0.3, -0.25) is 0 Å². The molecule has 0 aromatic heterocycles. The number of aryl methyl sites for hydroxylation is 1. The van der Waals surface area contributed by atoms with E-state index in [-0.39, 0.29) is 5.82 Å². The standard InChI is InChI=1S/C10H12BrFO/c1-6-4-9(12)8(11)5-7(6)10(2,3)13/h4-5,13H,1-3H3. The Balaban J connectivity index is 3.32. The molecule has 13 heavy (non-hydrogen) atoms. The highest BCUT2D eigenvalue weighted by molar-refractivity contribution is 9.10. The highest BCUT2D eigenvalue weighted by atomic mass is 79.9. The third-order valence-corrected chi connectivity index (χ3v) is 2.53. The minimum atomic E-state index is -0.930. The molecule has 0 saturated heterocycles. The maximum Gasteiger partial charge on any atom is 0.137 e. The topological polar surface area (TPSA) is 20.2 Å². The first-order valence-corrected chi connectivity index (χ1v) is 4.80. The van der Waals surface area contributed by atoms with Gasteiger partial charge in [-0.05, 0) is 60.0 Å². The summed E-state index contributed by atoms with van der Waals surface area (Å²) >= 11 is 3.09. The molecule has 1 N–H and O–H groups in total. The Hall–Kier alpha value is -0.410. The summed E-state index contributed by atoms with van der Waals surface area (Å²) in [5, 5.41) is 9.74. The lowest BCUT2D eigenvalue weighted by atomic mass is 9.94. The zero-order valence-corrected chi connectivity index (χ0v) is 9.44. The minimum Gasteiger partial charge on any atom is -0.386 e. The molecule has 0 aliphatic rings. The molecule has 0 radical (unpaired) electrons. The summed E-state index contributed by atoms with van der Waals surface area (Å²) < 4.78 is 13.4. The van der Waals surface area contributed by atoms with E-state index in [0.717, 1.165) is 11.1 Å². The molecule has 3 heteroatoms. The van der Waals surface area contributed by atoms with E-state index in [9.17, 15) is 9.50 Å². The second kappa shape index (κ2) is 3.39. The van der Waals surface area contributed by atoms with Crippen molar-refractivity contribution in [2.24, 2.45) is 0 Å². The molecule has 0 fully saturated rings. The Morgan fingerprint density at radius 3 is 2.38 bits per heavy atom. The summed E-state index contributed by atoms with van der Waals surface area (Å²) in [6, 6.07) is 3.03. The van der Waals surface area contributed by atoms with E-state index >= 15 is 0 Å². The Kier molecular flexibility index (Phi) is 2.78. The second-order valence-electron chi connectivity index (χ2n) is 3.64. The molecule has 0 unspecified atom stereocenters. The molecule has 0 heterocycles. The first-order chi connectivity index (χ1) is 5.82. The van der Waals surface area contributed by atoms with Gasteiger partial charge < -0.3 is 5.11 Å². The lowest BCUT2D eigenvalue weighted by Crippen LogP contribution is -2.17. The van der Waals surface area contributed by atoms with Crippen LogP contribution in [0.3, 0.4) is 0 Å². The third-order valence-electron chi connectivity index (χ3n) is 1.93. The Morgan fingerprint density at radius 1 is 1.38 bits per heavy atom. The van der Waals surface area contributed by atoms with Gasteiger partial charge in [0.2, 0.25) is 0 Å². The van der Waals surface area contributed by atoms with Gasteiger partial charge in [-0.15, -0.1) is 0 Å². The van der Waals surface area contributed by atoms with E-state index in [1.807, 2.05) is 0 Å². The van der Waals surface area contributed by atoms with Crippen molar-refractivity contribution >= 4 is 15.9 Å². The monoisotopic (exact) mass is 246 g/mol. The van der Waals surface area contributed by atoms with Crippen LogP contribution in [0.1, 0.15) is 25.0 Å². The van der Waals surface area contributed by atoms with Crippen LogP contribution in [0.25, 0.3) is 0 Å². The van der Waals surface area contributed by atoms with Crippen molar-refractivity contribution in [3.05, 3.63) is 33.5 Å². The van der Waals surface area contributed by atoms with E-state index < -0.39 is 5.60 Å². The molecule has 0 amide bonds. The van der Waals surface area contributed by atoms with Crippen molar-refractivity contribution in [3.8, 4) is 0 Å². The van der Waals surface area contributed by atoms with E-state index in [1.165, 1.54) is 6.07 Å². The van der Waals surface area contributed by atoms with Gasteiger partial charge in [0.05, 0.1) is 10.1 Å². The second-order valence-corrected chi connectivity index (χ2v) is 4.49. The summed E-state index contributed by atoms with van der Waals surface area (Å²) in [5.74, 6) is -0.300. The molecule has 72 valence electrons. The van der Waals surface area contributed by atoms with Gasteiger partial charge in [0.25, 0.3) is 0 Å². The van der Waals surface area contributed by atoms with Crippen molar-refractivity contribution in [1.82, 2.24) is 0 Å². The summed E-state index contributed by atoms with van der Waals surface area (Å²) in [6.07, 6.45) is 0. The van der Waals surface area contributed by atoms with Gasteiger partial charge in [0, 0.05) is 0 Å². The molecule has 0 atom stereocenters. The molecule has 1 nitrogen and oxygen atoms in total. The van der Waals surface area contributed by atoms with Gasteiger partial charge >= 0.3 is 0 Å². The van der Waals surface area contributed by atoms with Gasteiger partial charge in [0.15, 0.2) is 0 Å². The number of hydrogen-bond donors (Lipinski definition) is 1. The van der Waals surface area contributed by atoms with Crippen LogP contribution >= 0.6 is 15.9 Å². The summed E-state index contributed by atoms with van der Waals surface area (Å²) in [5.41, 5.74) is 0.564. The fraction of sp³-hybridized carbons (Fsp3) is 0.400. The van der Waals surface area contributed by atoms with Crippen molar-refractivity contribution in [1.29, 1.82) is 0 Å². The van der Waals surface area contributed by atoms with Crippen LogP contribution in [0.2, 0.25) is 0 Å². The number of hydrogen-bond acceptors (Lipinski definition) is 1. The normalized spacial score (nSPS) is 11.8. The number of rotatable bonds is 1. The van der Waals surface area contributed by atoms with Crippen molar-refractivity contribution < 1.29 is 9.50 Å². The van der Waals surface area contributed by atoms with E-state index in [0.29, 0.717) is 4.47 Å². The summed E-state index contributed by atoms with van der Waals surface area (Å²) in [7, 11) is 0. The molecule has 1 rings (SSSR count). The largest absolute Gasteiger partial charge is 0.386 e. The lowest BCUT2D eigenvalue weighted by Gasteiger charge is -2.20. The summed E-state index contributed by atoms with van der Waals surface area (Å²) in [6.45, 7) is 5.14. The van der Waals surface area contributed by atoms with Gasteiger partial charge in [-0.25, -0.2) is 4.39 Å². The van der Waals surface area contributed by atoms with Crippen LogP contribution in [0, 0.1) is 12.7 Å². The average molecular weight is 247 g/mol. The highest BCUT2D eigenvalue weighted by Gasteiger charge is 2.19. The first kappa shape index (κ1) is 10.7. The quantitative estimate of drug-likeness (QED) is 0.808. The fourth-order valence-corrected chi connectivity index (χ4v) is 1.65. The molecule has 0 saturated carbocycles. The predicted molar refractivity (Wildman–Crippen MR) is 54.1 cm³/mol.